The van der Waals surface area contributed by atoms with Gasteiger partial charge in [0.05, 0.1) is 11.4 Å². The van der Waals surface area contributed by atoms with Crippen molar-refractivity contribution in [2.24, 2.45) is 0 Å². The van der Waals surface area contributed by atoms with Gasteiger partial charge in [-0.25, -0.2) is 4.79 Å². The summed E-state index contributed by atoms with van der Waals surface area (Å²) in [6, 6.07) is 6.11. The number of urea groups is 1. The Labute approximate surface area is 173 Å². The van der Waals surface area contributed by atoms with E-state index in [4.69, 9.17) is 4.74 Å². The maximum Gasteiger partial charge on any atom is 0.327 e. The molecule has 2 heterocycles. The van der Waals surface area contributed by atoms with Gasteiger partial charge in [0.25, 0.3) is 11.8 Å². The molecule has 160 valence electrons. The lowest BCUT2D eigenvalue weighted by atomic mass is 9.93. The highest BCUT2D eigenvalue weighted by molar-refractivity contribution is 6.11. The van der Waals surface area contributed by atoms with Crippen LogP contribution in [0.5, 0.6) is 0 Å². The largest absolute Gasteiger partial charge is 0.451 e. The highest BCUT2D eigenvalue weighted by atomic mass is 16.5. The average Bonchev–Trinajstić information content (AvgIpc) is 2.97. The number of esters is 1. The van der Waals surface area contributed by atoms with Gasteiger partial charge in [-0.15, -0.1) is 0 Å². The Morgan fingerprint density at radius 1 is 1.17 bits per heavy atom. The van der Waals surface area contributed by atoms with Gasteiger partial charge in [-0.05, 0) is 31.9 Å². The van der Waals surface area contributed by atoms with E-state index in [0.29, 0.717) is 24.2 Å². The van der Waals surface area contributed by atoms with E-state index >= 15 is 0 Å². The molecule has 3 rings (SSSR count). The summed E-state index contributed by atoms with van der Waals surface area (Å²) in [6.45, 7) is 4.12. The Morgan fingerprint density at radius 3 is 2.47 bits per heavy atom. The van der Waals surface area contributed by atoms with Gasteiger partial charge >= 0.3 is 12.0 Å². The molecule has 5 amide bonds. The van der Waals surface area contributed by atoms with Crippen LogP contribution in [0.2, 0.25) is 0 Å². The molecule has 2 aliphatic heterocycles. The number of hydrogen-bond donors (Lipinski definition) is 2. The van der Waals surface area contributed by atoms with E-state index < -0.39 is 42.0 Å². The van der Waals surface area contributed by atoms with Crippen LogP contribution >= 0.6 is 0 Å². The number of imide groups is 1. The van der Waals surface area contributed by atoms with E-state index in [1.54, 1.807) is 38.1 Å². The minimum absolute atomic E-state index is 0.208. The molecule has 0 aromatic heterocycles. The van der Waals surface area contributed by atoms with Gasteiger partial charge in [-0.2, -0.15) is 0 Å². The molecule has 2 N–H and O–H groups in total. The van der Waals surface area contributed by atoms with Gasteiger partial charge in [-0.1, -0.05) is 26.0 Å². The third kappa shape index (κ3) is 3.72. The molecule has 0 bridgehead atoms. The topological polar surface area (TPSA) is 125 Å². The van der Waals surface area contributed by atoms with E-state index in [-0.39, 0.29) is 12.5 Å². The number of rotatable bonds is 6. The molecule has 1 atom stereocenters. The summed E-state index contributed by atoms with van der Waals surface area (Å²) >= 11 is 0. The van der Waals surface area contributed by atoms with E-state index in [2.05, 4.69) is 10.6 Å². The fourth-order valence-corrected chi connectivity index (χ4v) is 3.61. The second kappa shape index (κ2) is 8.13. The van der Waals surface area contributed by atoms with Gasteiger partial charge in [-0.3, -0.25) is 29.0 Å². The van der Waals surface area contributed by atoms with Gasteiger partial charge in [0.15, 0.2) is 6.10 Å². The summed E-state index contributed by atoms with van der Waals surface area (Å²) in [6.07, 6.45) is -0.421. The molecule has 0 radical (unpaired) electrons. The molecule has 0 spiro atoms. The second-order valence-corrected chi connectivity index (χ2v) is 7.23. The summed E-state index contributed by atoms with van der Waals surface area (Å²) < 4.78 is 5.17. The second-order valence-electron chi connectivity index (χ2n) is 7.23. The minimum Gasteiger partial charge on any atom is -0.451 e. The minimum atomic E-state index is -1.21. The van der Waals surface area contributed by atoms with Crippen molar-refractivity contribution in [1.82, 2.24) is 10.2 Å². The fraction of sp³-hybridized carbons (Fsp3) is 0.450. The average molecular weight is 416 g/mol. The first-order valence-corrected chi connectivity index (χ1v) is 9.76. The monoisotopic (exact) mass is 416 g/mol. The van der Waals surface area contributed by atoms with Crippen LogP contribution in [0.3, 0.4) is 0 Å². The zero-order valence-corrected chi connectivity index (χ0v) is 17.1. The Morgan fingerprint density at radius 2 is 1.83 bits per heavy atom. The van der Waals surface area contributed by atoms with Gasteiger partial charge in [0.1, 0.15) is 18.6 Å². The number of ether oxygens (including phenoxy) is 1. The lowest BCUT2D eigenvalue weighted by molar-refractivity contribution is -0.156. The number of nitrogens with one attached hydrogen (secondary N) is 2. The maximum absolute atomic E-state index is 12.8. The highest BCUT2D eigenvalue weighted by Gasteiger charge is 2.49. The molecular formula is C20H24N4O6. The molecule has 10 nitrogen and oxygen atoms in total. The third-order valence-electron chi connectivity index (χ3n) is 5.43. The summed E-state index contributed by atoms with van der Waals surface area (Å²) in [4.78, 5) is 63.8. The molecular weight excluding hydrogens is 392 g/mol. The molecule has 30 heavy (non-hydrogen) atoms. The molecule has 1 aromatic carbocycles. The number of nitrogens with zero attached hydrogens (tertiary/aromatic N) is 2. The normalized spacial score (nSPS) is 18.4. The molecule has 0 saturated carbocycles. The van der Waals surface area contributed by atoms with Crippen LogP contribution in [-0.4, -0.2) is 59.4 Å². The van der Waals surface area contributed by atoms with Gasteiger partial charge in [0, 0.05) is 0 Å². The van der Waals surface area contributed by atoms with Crippen molar-refractivity contribution in [2.75, 3.05) is 23.3 Å². The van der Waals surface area contributed by atoms with Crippen LogP contribution in [-0.2, 0) is 23.9 Å². The van der Waals surface area contributed by atoms with Crippen LogP contribution in [0.1, 0.15) is 33.6 Å². The lowest BCUT2D eigenvalue weighted by Crippen LogP contribution is -2.48. The summed E-state index contributed by atoms with van der Waals surface area (Å²) in [7, 11) is 0. The Bertz CT molecular complexity index is 910. The Balaban J connectivity index is 1.66. The van der Waals surface area contributed by atoms with Crippen LogP contribution < -0.4 is 15.5 Å². The molecule has 10 heteroatoms. The SMILES string of the molecule is CCC1(CC)NC(=O)N(CC(=O)O[C@H](C)C(=O)N2CC(=O)Nc3ccccc32)C1=O. The fourth-order valence-electron chi connectivity index (χ4n) is 3.61. The van der Waals surface area contributed by atoms with Gasteiger partial charge in [0.2, 0.25) is 5.91 Å². The van der Waals surface area contributed by atoms with Gasteiger partial charge < -0.3 is 15.4 Å². The zero-order chi connectivity index (χ0) is 22.1. The number of amides is 5. The van der Waals surface area contributed by atoms with E-state index in [9.17, 15) is 24.0 Å². The molecule has 1 aromatic rings. The Kier molecular flexibility index (Phi) is 5.77. The first-order chi connectivity index (χ1) is 14.2. The summed E-state index contributed by atoms with van der Waals surface area (Å²) in [5, 5.41) is 5.30. The number of anilines is 2. The molecule has 0 aliphatic carbocycles. The summed E-state index contributed by atoms with van der Waals surface area (Å²) in [5.74, 6) is -2.33. The van der Waals surface area contributed by atoms with Crippen LogP contribution in [0.25, 0.3) is 0 Å². The quantitative estimate of drug-likeness (QED) is 0.527. The standard InChI is InChI=1S/C20H24N4O6/c1-4-20(5-2)18(28)24(19(29)22-20)11-16(26)30-12(3)17(27)23-10-15(25)21-13-8-6-7-9-14(13)23/h6-9,12H,4-5,10-11H2,1-3H3,(H,21,25)(H,22,29)/t12-/m1/s1. The first-order valence-electron chi connectivity index (χ1n) is 9.76. The Hall–Kier alpha value is -3.43. The molecule has 2 aliphatic rings. The number of fused-ring (bicyclic) bond motifs is 1. The van der Waals surface area contributed by atoms with Crippen molar-refractivity contribution in [3.05, 3.63) is 24.3 Å². The molecule has 0 unspecified atom stereocenters. The van der Waals surface area contributed by atoms with E-state index in [1.165, 1.54) is 11.8 Å². The number of hydrogen-bond acceptors (Lipinski definition) is 6. The highest BCUT2D eigenvalue weighted by Crippen LogP contribution is 2.29. The van der Waals surface area contributed by atoms with E-state index in [1.807, 2.05) is 0 Å². The molecule has 1 saturated heterocycles. The number of benzene rings is 1. The number of carbonyl (C=O) groups excluding carboxylic acids is 5. The van der Waals surface area contributed by atoms with Crippen LogP contribution in [0.15, 0.2) is 24.3 Å². The lowest BCUT2D eigenvalue weighted by Gasteiger charge is -2.30. The van der Waals surface area contributed by atoms with Crippen molar-refractivity contribution in [3.63, 3.8) is 0 Å². The maximum atomic E-state index is 12.8. The zero-order valence-electron chi connectivity index (χ0n) is 17.1. The van der Waals surface area contributed by atoms with Crippen molar-refractivity contribution in [1.29, 1.82) is 0 Å². The van der Waals surface area contributed by atoms with Crippen molar-refractivity contribution < 1.29 is 28.7 Å². The van der Waals surface area contributed by atoms with Crippen molar-refractivity contribution >= 4 is 41.1 Å². The van der Waals surface area contributed by atoms with Crippen LogP contribution in [0.4, 0.5) is 16.2 Å². The first kappa shape index (κ1) is 21.3. The van der Waals surface area contributed by atoms with E-state index in [0.717, 1.165) is 4.90 Å². The van der Waals surface area contributed by atoms with Crippen molar-refractivity contribution in [3.8, 4) is 0 Å². The smallest absolute Gasteiger partial charge is 0.327 e. The summed E-state index contributed by atoms with van der Waals surface area (Å²) in [5.41, 5.74) is -0.0471. The predicted octanol–water partition coefficient (Wildman–Crippen LogP) is 1.01. The predicted molar refractivity (Wildman–Crippen MR) is 107 cm³/mol. The van der Waals surface area contributed by atoms with Crippen molar-refractivity contribution in [2.45, 2.75) is 45.3 Å². The molecule has 1 fully saturated rings. The number of para-hydroxylation sites is 2. The third-order valence-corrected chi connectivity index (χ3v) is 5.43. The van der Waals surface area contributed by atoms with Crippen LogP contribution in [0, 0.1) is 0 Å². The number of carbonyl (C=O) groups is 5.